The van der Waals surface area contributed by atoms with Crippen molar-refractivity contribution in [2.75, 3.05) is 6.61 Å². The molecule has 4 heteroatoms. The van der Waals surface area contributed by atoms with Crippen LogP contribution in [0.25, 0.3) is 0 Å². The van der Waals surface area contributed by atoms with E-state index in [2.05, 4.69) is 13.8 Å². The van der Waals surface area contributed by atoms with Crippen LogP contribution in [0.1, 0.15) is 200 Å². The standard InChI is InChI=1S/C36H68O4/c1-3-5-7-21-27-33-28-22-17-13-11-12-16-20-26-32-39-35(37)31-25-19-15-10-9-14-18-24-30-34(40-36(33)38)29-23-8-6-4-2/h33-34H,3-32H2,1-2H3. The summed E-state index contributed by atoms with van der Waals surface area (Å²) in [4.78, 5) is 25.4. The van der Waals surface area contributed by atoms with E-state index in [1.54, 1.807) is 0 Å². The average Bonchev–Trinajstić information content (AvgIpc) is 2.95. The lowest BCUT2D eigenvalue weighted by Gasteiger charge is -2.22. The number of cyclic esters (lactones) is 2. The predicted octanol–water partition coefficient (Wildman–Crippen LogP) is 11.4. The molecule has 0 spiro atoms. The summed E-state index contributed by atoms with van der Waals surface area (Å²) in [5, 5.41) is 0. The van der Waals surface area contributed by atoms with Crippen LogP contribution in [0, 0.1) is 5.92 Å². The van der Waals surface area contributed by atoms with Crippen molar-refractivity contribution in [2.24, 2.45) is 5.92 Å². The second-order valence-corrected chi connectivity index (χ2v) is 12.7. The van der Waals surface area contributed by atoms with Crippen molar-refractivity contribution >= 4 is 11.9 Å². The Labute approximate surface area is 249 Å². The van der Waals surface area contributed by atoms with Crippen LogP contribution in [0.4, 0.5) is 0 Å². The second kappa shape index (κ2) is 28.1. The van der Waals surface area contributed by atoms with E-state index in [0.717, 1.165) is 64.2 Å². The number of ether oxygens (including phenoxy) is 2. The number of carbonyl (C=O) groups is 2. The van der Waals surface area contributed by atoms with Crippen molar-refractivity contribution in [1.82, 2.24) is 0 Å². The van der Waals surface area contributed by atoms with Crippen LogP contribution in [0.2, 0.25) is 0 Å². The smallest absolute Gasteiger partial charge is 0.309 e. The van der Waals surface area contributed by atoms with Gasteiger partial charge in [-0.05, 0) is 51.4 Å². The van der Waals surface area contributed by atoms with Crippen LogP contribution in [0.3, 0.4) is 0 Å². The summed E-state index contributed by atoms with van der Waals surface area (Å²) < 4.78 is 11.7. The number of hydrogen-bond donors (Lipinski definition) is 0. The Bertz CT molecular complexity index is 575. The third-order valence-corrected chi connectivity index (χ3v) is 8.77. The topological polar surface area (TPSA) is 52.6 Å². The summed E-state index contributed by atoms with van der Waals surface area (Å²) in [7, 11) is 0. The fourth-order valence-electron chi connectivity index (χ4n) is 6.03. The van der Waals surface area contributed by atoms with Gasteiger partial charge in [0.1, 0.15) is 6.10 Å². The van der Waals surface area contributed by atoms with Crippen molar-refractivity contribution in [3.8, 4) is 0 Å². The predicted molar refractivity (Wildman–Crippen MR) is 170 cm³/mol. The normalized spacial score (nSPS) is 23.2. The Morgan fingerprint density at radius 3 is 1.65 bits per heavy atom. The van der Waals surface area contributed by atoms with Gasteiger partial charge in [0.05, 0.1) is 12.5 Å². The fraction of sp³-hybridized carbons (Fsp3) is 0.944. The Hall–Kier alpha value is -1.06. The van der Waals surface area contributed by atoms with E-state index in [1.165, 1.54) is 116 Å². The molecule has 40 heavy (non-hydrogen) atoms. The van der Waals surface area contributed by atoms with Crippen LogP contribution in [-0.2, 0) is 19.1 Å². The van der Waals surface area contributed by atoms with Crippen molar-refractivity contribution in [1.29, 1.82) is 0 Å². The molecule has 2 atom stereocenters. The van der Waals surface area contributed by atoms with Gasteiger partial charge in [0, 0.05) is 6.42 Å². The zero-order valence-corrected chi connectivity index (χ0v) is 27.0. The fourth-order valence-corrected chi connectivity index (χ4v) is 6.03. The molecule has 1 fully saturated rings. The van der Waals surface area contributed by atoms with E-state index < -0.39 is 0 Å². The molecule has 1 aliphatic rings. The van der Waals surface area contributed by atoms with Gasteiger partial charge in [-0.1, -0.05) is 142 Å². The van der Waals surface area contributed by atoms with Gasteiger partial charge >= 0.3 is 11.9 Å². The monoisotopic (exact) mass is 565 g/mol. The van der Waals surface area contributed by atoms with E-state index in [9.17, 15) is 9.59 Å². The Balaban J connectivity index is 2.62. The van der Waals surface area contributed by atoms with E-state index in [1.807, 2.05) is 0 Å². The highest BCUT2D eigenvalue weighted by Gasteiger charge is 2.23. The van der Waals surface area contributed by atoms with Crippen LogP contribution in [0.5, 0.6) is 0 Å². The molecule has 0 aromatic carbocycles. The molecular formula is C36H68O4. The third kappa shape index (κ3) is 22.6. The van der Waals surface area contributed by atoms with Gasteiger partial charge in [-0.3, -0.25) is 9.59 Å². The summed E-state index contributed by atoms with van der Waals surface area (Å²) in [6, 6.07) is 0. The first-order valence-corrected chi connectivity index (χ1v) is 18.0. The van der Waals surface area contributed by atoms with Crippen molar-refractivity contribution in [3.05, 3.63) is 0 Å². The molecule has 0 N–H and O–H groups in total. The molecule has 0 aromatic rings. The first-order valence-electron chi connectivity index (χ1n) is 18.0. The van der Waals surface area contributed by atoms with Crippen LogP contribution in [-0.4, -0.2) is 24.6 Å². The number of rotatable bonds is 10. The van der Waals surface area contributed by atoms with Gasteiger partial charge in [0.2, 0.25) is 0 Å². The highest BCUT2D eigenvalue weighted by Crippen LogP contribution is 2.24. The summed E-state index contributed by atoms with van der Waals surface area (Å²) in [5.74, 6) is 0.199. The van der Waals surface area contributed by atoms with Gasteiger partial charge in [0.15, 0.2) is 0 Å². The maximum atomic E-state index is 13.4. The van der Waals surface area contributed by atoms with Gasteiger partial charge in [-0.25, -0.2) is 0 Å². The first kappa shape index (κ1) is 37.0. The zero-order valence-electron chi connectivity index (χ0n) is 27.0. The molecule has 1 saturated heterocycles. The lowest BCUT2D eigenvalue weighted by Crippen LogP contribution is -2.25. The summed E-state index contributed by atoms with van der Waals surface area (Å²) in [5.41, 5.74) is 0. The molecule has 0 aliphatic carbocycles. The highest BCUT2D eigenvalue weighted by atomic mass is 16.5. The minimum absolute atomic E-state index is 0.00458. The minimum atomic E-state index is -0.00458. The molecule has 2 unspecified atom stereocenters. The Morgan fingerprint density at radius 2 is 1.05 bits per heavy atom. The molecule has 4 nitrogen and oxygen atoms in total. The Morgan fingerprint density at radius 1 is 0.550 bits per heavy atom. The minimum Gasteiger partial charge on any atom is -0.466 e. The van der Waals surface area contributed by atoms with Gasteiger partial charge in [0.25, 0.3) is 0 Å². The number of unbranched alkanes of at least 4 members (excludes halogenated alkanes) is 6. The summed E-state index contributed by atoms with van der Waals surface area (Å²) in [6.07, 6.45) is 33.6. The molecule has 0 saturated carbocycles. The van der Waals surface area contributed by atoms with Crippen LogP contribution >= 0.6 is 0 Å². The first-order chi connectivity index (χ1) is 19.7. The lowest BCUT2D eigenvalue weighted by molar-refractivity contribution is -0.155. The molecule has 0 bridgehead atoms. The maximum absolute atomic E-state index is 13.4. The van der Waals surface area contributed by atoms with E-state index in [-0.39, 0.29) is 24.0 Å². The van der Waals surface area contributed by atoms with E-state index in [4.69, 9.17) is 9.47 Å². The van der Waals surface area contributed by atoms with Crippen molar-refractivity contribution in [2.45, 2.75) is 206 Å². The van der Waals surface area contributed by atoms with Crippen molar-refractivity contribution < 1.29 is 19.1 Å². The van der Waals surface area contributed by atoms with Crippen LogP contribution < -0.4 is 0 Å². The van der Waals surface area contributed by atoms with Crippen LogP contribution in [0.15, 0.2) is 0 Å². The third-order valence-electron chi connectivity index (χ3n) is 8.77. The number of hydrogen-bond acceptors (Lipinski definition) is 4. The molecule has 236 valence electrons. The lowest BCUT2D eigenvalue weighted by atomic mass is 9.94. The van der Waals surface area contributed by atoms with Gasteiger partial charge < -0.3 is 9.47 Å². The van der Waals surface area contributed by atoms with Gasteiger partial charge in [-0.15, -0.1) is 0 Å². The quantitative estimate of drug-likeness (QED) is 0.195. The molecule has 1 aliphatic heterocycles. The highest BCUT2D eigenvalue weighted by molar-refractivity contribution is 5.72. The molecule has 0 amide bonds. The number of esters is 2. The average molecular weight is 565 g/mol. The molecule has 1 rings (SSSR count). The van der Waals surface area contributed by atoms with Crippen molar-refractivity contribution in [3.63, 3.8) is 0 Å². The van der Waals surface area contributed by atoms with Gasteiger partial charge in [-0.2, -0.15) is 0 Å². The second-order valence-electron chi connectivity index (χ2n) is 12.7. The molecule has 0 radical (unpaired) electrons. The largest absolute Gasteiger partial charge is 0.466 e. The summed E-state index contributed by atoms with van der Waals surface area (Å²) >= 11 is 0. The molecule has 0 aromatic heterocycles. The Kier molecular flexibility index (Phi) is 25.9. The zero-order chi connectivity index (χ0) is 28.9. The number of carbonyl (C=O) groups excluding carboxylic acids is 2. The SMILES string of the molecule is CCCCCCC1CCCCCCCCCCC(=O)OCCCCCCCCCCC(CCCCCC)C(=O)O1. The van der Waals surface area contributed by atoms with E-state index in [0.29, 0.717) is 13.0 Å². The summed E-state index contributed by atoms with van der Waals surface area (Å²) in [6.45, 7) is 5.10. The van der Waals surface area contributed by atoms with E-state index >= 15 is 0 Å². The molecule has 1 heterocycles. The molecular weight excluding hydrogens is 496 g/mol. The maximum Gasteiger partial charge on any atom is 0.309 e.